The van der Waals surface area contributed by atoms with Gasteiger partial charge in [-0.1, -0.05) is 26.8 Å². The Morgan fingerprint density at radius 1 is 1.38 bits per heavy atom. The molecule has 0 aromatic carbocycles. The predicted molar refractivity (Wildman–Crippen MR) is 54.9 cm³/mol. The van der Waals surface area contributed by atoms with Crippen LogP contribution in [0.3, 0.4) is 0 Å². The normalized spacial score (nSPS) is 20.8. The van der Waals surface area contributed by atoms with Crippen LogP contribution < -0.4 is 0 Å². The van der Waals surface area contributed by atoms with Crippen LogP contribution in [0, 0.1) is 5.92 Å². The smallest absolute Gasteiger partial charge is 0.0438 e. The molecule has 2 rings (SSSR count). The largest absolute Gasteiger partial charge is 0.261 e. The highest BCUT2D eigenvalue weighted by molar-refractivity contribution is 5.31. The lowest BCUT2D eigenvalue weighted by Crippen LogP contribution is -1.93. The van der Waals surface area contributed by atoms with Gasteiger partial charge in [0.1, 0.15) is 0 Å². The van der Waals surface area contributed by atoms with Crippen molar-refractivity contribution in [2.45, 2.75) is 39.5 Å². The van der Waals surface area contributed by atoms with Crippen LogP contribution in [0.1, 0.15) is 43.5 Å². The Balaban J connectivity index is 2.35. The van der Waals surface area contributed by atoms with Crippen LogP contribution in [0.15, 0.2) is 12.3 Å². The molecule has 0 saturated carbocycles. The summed E-state index contributed by atoms with van der Waals surface area (Å²) in [6, 6.07) is 2.34. The molecule has 1 unspecified atom stereocenters. The third-order valence-corrected chi connectivity index (χ3v) is 2.86. The van der Waals surface area contributed by atoms with Crippen LogP contribution in [-0.2, 0) is 12.8 Å². The lowest BCUT2D eigenvalue weighted by atomic mass is 10.0. The van der Waals surface area contributed by atoms with Crippen LogP contribution in [0.5, 0.6) is 0 Å². The van der Waals surface area contributed by atoms with E-state index in [2.05, 4.69) is 31.8 Å². The summed E-state index contributed by atoms with van der Waals surface area (Å²) in [5.41, 5.74) is 4.20. The van der Waals surface area contributed by atoms with Gasteiger partial charge in [0.05, 0.1) is 0 Å². The molecule has 1 nitrogen and oxygen atoms in total. The minimum absolute atomic E-state index is 0.605. The molecule has 1 heterocycles. The third kappa shape index (κ3) is 1.60. The summed E-state index contributed by atoms with van der Waals surface area (Å²) >= 11 is 0. The fourth-order valence-electron chi connectivity index (χ4n) is 2.01. The summed E-state index contributed by atoms with van der Waals surface area (Å²) in [7, 11) is 0. The maximum Gasteiger partial charge on any atom is 0.0438 e. The Bertz CT molecular complexity index is 315. The number of fused-ring (bicyclic) bond motifs is 1. The highest BCUT2D eigenvalue weighted by atomic mass is 14.7. The van der Waals surface area contributed by atoms with Crippen molar-refractivity contribution < 1.29 is 0 Å². The Hall–Kier alpha value is -0.850. The first kappa shape index (κ1) is 8.74. The first-order chi connectivity index (χ1) is 6.16. The minimum Gasteiger partial charge on any atom is -0.261 e. The van der Waals surface area contributed by atoms with Gasteiger partial charge in [-0.3, -0.25) is 4.98 Å². The van der Waals surface area contributed by atoms with Gasteiger partial charge in [0.25, 0.3) is 0 Å². The fourth-order valence-corrected chi connectivity index (χ4v) is 2.01. The van der Waals surface area contributed by atoms with Crippen LogP contribution in [-0.4, -0.2) is 4.98 Å². The number of nitrogens with zero attached hydrogens (tertiary/aromatic N) is 1. The molecular weight excluding hydrogens is 158 g/mol. The topological polar surface area (TPSA) is 12.9 Å². The van der Waals surface area contributed by atoms with Gasteiger partial charge < -0.3 is 0 Å². The van der Waals surface area contributed by atoms with Gasteiger partial charge in [-0.15, -0.1) is 0 Å². The summed E-state index contributed by atoms with van der Waals surface area (Å²) in [6.45, 7) is 6.75. The van der Waals surface area contributed by atoms with E-state index in [0.29, 0.717) is 5.92 Å². The number of aromatic nitrogens is 1. The molecule has 1 aromatic rings. The monoisotopic (exact) mass is 175 g/mol. The molecule has 1 heteroatoms. The van der Waals surface area contributed by atoms with Crippen molar-refractivity contribution in [1.82, 2.24) is 4.98 Å². The molecule has 0 saturated heterocycles. The second-order valence-electron chi connectivity index (χ2n) is 4.54. The molecule has 0 N–H and O–H groups in total. The Labute approximate surface area is 80.2 Å². The average Bonchev–Trinajstić information content (AvgIpc) is 2.42. The zero-order valence-electron chi connectivity index (χ0n) is 8.67. The van der Waals surface area contributed by atoms with E-state index in [4.69, 9.17) is 0 Å². The zero-order chi connectivity index (χ0) is 9.42. The first-order valence-corrected chi connectivity index (χ1v) is 5.14. The highest BCUT2D eigenvalue weighted by Crippen LogP contribution is 2.27. The van der Waals surface area contributed by atoms with E-state index in [9.17, 15) is 0 Å². The SMILES string of the molecule is CC1Cc2cc(C(C)C)cnc2C1. The van der Waals surface area contributed by atoms with Crippen LogP contribution in [0.2, 0.25) is 0 Å². The molecule has 1 aliphatic carbocycles. The summed E-state index contributed by atoms with van der Waals surface area (Å²) < 4.78 is 0. The number of rotatable bonds is 1. The van der Waals surface area contributed by atoms with E-state index < -0.39 is 0 Å². The van der Waals surface area contributed by atoms with Crippen molar-refractivity contribution in [2.24, 2.45) is 5.92 Å². The molecule has 0 aliphatic heterocycles. The molecule has 0 radical (unpaired) electrons. The first-order valence-electron chi connectivity index (χ1n) is 5.14. The molecule has 13 heavy (non-hydrogen) atoms. The van der Waals surface area contributed by atoms with Crippen molar-refractivity contribution in [3.63, 3.8) is 0 Å². The van der Waals surface area contributed by atoms with Crippen LogP contribution >= 0.6 is 0 Å². The van der Waals surface area contributed by atoms with E-state index >= 15 is 0 Å². The summed E-state index contributed by atoms with van der Waals surface area (Å²) in [5, 5.41) is 0. The van der Waals surface area contributed by atoms with E-state index in [-0.39, 0.29) is 0 Å². The Kier molecular flexibility index (Phi) is 2.10. The van der Waals surface area contributed by atoms with Gasteiger partial charge in [0, 0.05) is 11.9 Å². The third-order valence-electron chi connectivity index (χ3n) is 2.86. The molecule has 0 spiro atoms. The van der Waals surface area contributed by atoms with Gasteiger partial charge in [0.15, 0.2) is 0 Å². The van der Waals surface area contributed by atoms with E-state index in [1.807, 2.05) is 6.20 Å². The summed E-state index contributed by atoms with van der Waals surface area (Å²) in [4.78, 5) is 4.53. The van der Waals surface area contributed by atoms with Gasteiger partial charge in [-0.2, -0.15) is 0 Å². The van der Waals surface area contributed by atoms with Gasteiger partial charge >= 0.3 is 0 Å². The molecule has 0 bridgehead atoms. The summed E-state index contributed by atoms with van der Waals surface area (Å²) in [5.74, 6) is 1.40. The molecule has 0 fully saturated rings. The maximum absolute atomic E-state index is 4.53. The lowest BCUT2D eigenvalue weighted by molar-refractivity contribution is 0.623. The standard InChI is InChI=1S/C12H17N/c1-8(2)11-6-10-4-9(3)5-12(10)13-7-11/h6-9H,4-5H2,1-3H3. The second kappa shape index (κ2) is 3.13. The average molecular weight is 175 g/mol. The van der Waals surface area contributed by atoms with Crippen molar-refractivity contribution in [3.8, 4) is 0 Å². The Morgan fingerprint density at radius 3 is 2.85 bits per heavy atom. The van der Waals surface area contributed by atoms with Crippen molar-refractivity contribution in [1.29, 1.82) is 0 Å². The van der Waals surface area contributed by atoms with Crippen molar-refractivity contribution >= 4 is 0 Å². The number of hydrogen-bond donors (Lipinski definition) is 0. The zero-order valence-corrected chi connectivity index (χ0v) is 8.67. The van der Waals surface area contributed by atoms with Gasteiger partial charge in [-0.05, 0) is 35.8 Å². The predicted octanol–water partition coefficient (Wildman–Crippen LogP) is 2.94. The number of pyridine rings is 1. The number of hydrogen-bond acceptors (Lipinski definition) is 1. The molecule has 70 valence electrons. The quantitative estimate of drug-likeness (QED) is 0.639. The fraction of sp³-hybridized carbons (Fsp3) is 0.583. The lowest BCUT2D eigenvalue weighted by Gasteiger charge is -2.06. The van der Waals surface area contributed by atoms with E-state index in [1.54, 1.807) is 0 Å². The van der Waals surface area contributed by atoms with Crippen molar-refractivity contribution in [3.05, 3.63) is 29.1 Å². The van der Waals surface area contributed by atoms with Gasteiger partial charge in [-0.25, -0.2) is 0 Å². The van der Waals surface area contributed by atoms with E-state index in [0.717, 1.165) is 5.92 Å². The van der Waals surface area contributed by atoms with Crippen LogP contribution in [0.25, 0.3) is 0 Å². The highest BCUT2D eigenvalue weighted by Gasteiger charge is 2.19. The molecular formula is C12H17N. The van der Waals surface area contributed by atoms with Crippen molar-refractivity contribution in [2.75, 3.05) is 0 Å². The molecule has 1 aromatic heterocycles. The maximum atomic E-state index is 4.53. The molecule has 1 aliphatic rings. The molecule has 1 atom stereocenters. The van der Waals surface area contributed by atoms with E-state index in [1.165, 1.54) is 29.7 Å². The minimum atomic E-state index is 0.605. The second-order valence-corrected chi connectivity index (χ2v) is 4.54. The van der Waals surface area contributed by atoms with Gasteiger partial charge in [0.2, 0.25) is 0 Å². The Morgan fingerprint density at radius 2 is 2.15 bits per heavy atom. The van der Waals surface area contributed by atoms with Crippen LogP contribution in [0.4, 0.5) is 0 Å². The molecule has 0 amide bonds. The summed E-state index contributed by atoms with van der Waals surface area (Å²) in [6.07, 6.45) is 4.44.